The summed E-state index contributed by atoms with van der Waals surface area (Å²) in [4.78, 5) is 11.9. The van der Waals surface area contributed by atoms with Crippen molar-refractivity contribution >= 4 is 34.1 Å². The third-order valence-electron chi connectivity index (χ3n) is 3.29. The number of amides is 1. The van der Waals surface area contributed by atoms with E-state index in [1.54, 1.807) is 4.68 Å². The lowest BCUT2D eigenvalue weighted by molar-refractivity contribution is -0.116. The molecule has 0 radical (unpaired) electrons. The van der Waals surface area contributed by atoms with Crippen molar-refractivity contribution in [3.05, 3.63) is 59.5 Å². The minimum Gasteiger partial charge on any atom is -0.326 e. The van der Waals surface area contributed by atoms with E-state index in [-0.39, 0.29) is 18.1 Å². The Morgan fingerprint density at radius 2 is 1.91 bits per heavy atom. The number of aryl methyl sites for hydroxylation is 1. The molecule has 3 aromatic rings. The number of aromatic nitrogens is 2. The summed E-state index contributed by atoms with van der Waals surface area (Å²) in [6, 6.07) is 13.2. The lowest BCUT2D eigenvalue weighted by atomic mass is 10.2. The predicted octanol–water partition coefficient (Wildman–Crippen LogP) is 3.86. The molecular formula is C16H13ClFN3O. The SMILES string of the molecule is O=C(CCn1nc(Cl)c2ccccc21)Nc1ccc(F)cc1. The summed E-state index contributed by atoms with van der Waals surface area (Å²) in [5.41, 5.74) is 1.46. The van der Waals surface area contributed by atoms with Gasteiger partial charge in [0, 0.05) is 17.5 Å². The summed E-state index contributed by atoms with van der Waals surface area (Å²) >= 11 is 6.07. The van der Waals surface area contributed by atoms with E-state index < -0.39 is 0 Å². The lowest BCUT2D eigenvalue weighted by Gasteiger charge is -2.06. The van der Waals surface area contributed by atoms with Crippen LogP contribution in [0.2, 0.25) is 5.15 Å². The number of nitrogens with zero attached hydrogens (tertiary/aromatic N) is 2. The summed E-state index contributed by atoms with van der Waals surface area (Å²) in [5, 5.41) is 8.24. The van der Waals surface area contributed by atoms with Crippen LogP contribution in [0.4, 0.5) is 10.1 Å². The molecule has 1 N–H and O–H groups in total. The van der Waals surface area contributed by atoms with E-state index in [0.29, 0.717) is 17.4 Å². The second kappa shape index (κ2) is 6.15. The van der Waals surface area contributed by atoms with Gasteiger partial charge in [-0.25, -0.2) is 4.39 Å². The van der Waals surface area contributed by atoms with Crippen LogP contribution in [0.1, 0.15) is 6.42 Å². The van der Waals surface area contributed by atoms with E-state index in [9.17, 15) is 9.18 Å². The molecule has 0 aliphatic rings. The molecule has 6 heteroatoms. The largest absolute Gasteiger partial charge is 0.326 e. The van der Waals surface area contributed by atoms with E-state index in [2.05, 4.69) is 10.4 Å². The van der Waals surface area contributed by atoms with Gasteiger partial charge >= 0.3 is 0 Å². The van der Waals surface area contributed by atoms with Gasteiger partial charge in [-0.3, -0.25) is 9.48 Å². The second-order valence-electron chi connectivity index (χ2n) is 4.84. The molecule has 0 aliphatic heterocycles. The van der Waals surface area contributed by atoms with Gasteiger partial charge in [-0.1, -0.05) is 23.7 Å². The highest BCUT2D eigenvalue weighted by Gasteiger charge is 2.09. The van der Waals surface area contributed by atoms with E-state index in [1.165, 1.54) is 24.3 Å². The smallest absolute Gasteiger partial charge is 0.226 e. The van der Waals surface area contributed by atoms with Crippen LogP contribution in [-0.2, 0) is 11.3 Å². The van der Waals surface area contributed by atoms with Gasteiger partial charge in [0.05, 0.1) is 12.1 Å². The van der Waals surface area contributed by atoms with Gasteiger partial charge in [0.25, 0.3) is 0 Å². The zero-order valence-corrected chi connectivity index (χ0v) is 12.3. The molecule has 0 spiro atoms. The van der Waals surface area contributed by atoms with E-state index in [1.807, 2.05) is 24.3 Å². The van der Waals surface area contributed by atoms with Crippen molar-refractivity contribution in [2.75, 3.05) is 5.32 Å². The first-order valence-corrected chi connectivity index (χ1v) is 7.18. The highest BCUT2D eigenvalue weighted by Crippen LogP contribution is 2.22. The zero-order valence-electron chi connectivity index (χ0n) is 11.6. The van der Waals surface area contributed by atoms with Crippen molar-refractivity contribution in [1.82, 2.24) is 9.78 Å². The fraction of sp³-hybridized carbons (Fsp3) is 0.125. The minimum atomic E-state index is -0.337. The van der Waals surface area contributed by atoms with Gasteiger partial charge in [-0.15, -0.1) is 0 Å². The van der Waals surface area contributed by atoms with Gasteiger partial charge in [0.1, 0.15) is 5.82 Å². The van der Waals surface area contributed by atoms with Crippen LogP contribution >= 0.6 is 11.6 Å². The average molecular weight is 318 g/mol. The summed E-state index contributed by atoms with van der Waals surface area (Å²) in [7, 11) is 0. The normalized spacial score (nSPS) is 10.8. The highest BCUT2D eigenvalue weighted by atomic mass is 35.5. The maximum absolute atomic E-state index is 12.8. The molecule has 1 aromatic heterocycles. The number of para-hydroxylation sites is 1. The molecule has 1 amide bonds. The lowest BCUT2D eigenvalue weighted by Crippen LogP contribution is -2.15. The van der Waals surface area contributed by atoms with Gasteiger partial charge < -0.3 is 5.32 Å². The number of rotatable bonds is 4. The molecule has 0 bridgehead atoms. The molecule has 22 heavy (non-hydrogen) atoms. The summed E-state index contributed by atoms with van der Waals surface area (Å²) < 4.78 is 14.5. The van der Waals surface area contributed by atoms with Gasteiger partial charge in [0.15, 0.2) is 5.15 Å². The van der Waals surface area contributed by atoms with Gasteiger partial charge in [-0.2, -0.15) is 5.10 Å². The van der Waals surface area contributed by atoms with E-state index in [4.69, 9.17) is 11.6 Å². The van der Waals surface area contributed by atoms with Crippen LogP contribution in [-0.4, -0.2) is 15.7 Å². The van der Waals surface area contributed by atoms with E-state index >= 15 is 0 Å². The Hall–Kier alpha value is -2.40. The Morgan fingerprint density at radius 1 is 1.18 bits per heavy atom. The topological polar surface area (TPSA) is 46.9 Å². The summed E-state index contributed by atoms with van der Waals surface area (Å²) in [6.07, 6.45) is 0.249. The van der Waals surface area contributed by atoms with Crippen molar-refractivity contribution < 1.29 is 9.18 Å². The van der Waals surface area contributed by atoms with Crippen molar-refractivity contribution in [3.8, 4) is 0 Å². The van der Waals surface area contributed by atoms with Crippen LogP contribution in [0.5, 0.6) is 0 Å². The summed E-state index contributed by atoms with van der Waals surface area (Å²) in [6.45, 7) is 0.417. The van der Waals surface area contributed by atoms with E-state index in [0.717, 1.165) is 10.9 Å². The van der Waals surface area contributed by atoms with Crippen LogP contribution < -0.4 is 5.32 Å². The number of halogens is 2. The molecule has 0 aliphatic carbocycles. The molecule has 112 valence electrons. The maximum Gasteiger partial charge on any atom is 0.226 e. The van der Waals surface area contributed by atoms with Gasteiger partial charge in [0.2, 0.25) is 5.91 Å². The Bertz CT molecular complexity index is 814. The zero-order chi connectivity index (χ0) is 15.5. The number of anilines is 1. The van der Waals surface area contributed by atoms with Crippen LogP contribution in [0, 0.1) is 5.82 Å². The summed E-state index contributed by atoms with van der Waals surface area (Å²) in [5.74, 6) is -0.502. The molecule has 0 unspecified atom stereocenters. The third kappa shape index (κ3) is 3.09. The number of carbonyl (C=O) groups excluding carboxylic acids is 1. The highest BCUT2D eigenvalue weighted by molar-refractivity contribution is 6.34. The first kappa shape index (κ1) is 14.5. The Kier molecular flexibility index (Phi) is 4.06. The average Bonchev–Trinajstić information content (AvgIpc) is 2.85. The van der Waals surface area contributed by atoms with Crippen molar-refractivity contribution in [1.29, 1.82) is 0 Å². The molecular weight excluding hydrogens is 305 g/mol. The first-order valence-electron chi connectivity index (χ1n) is 6.80. The van der Waals surface area contributed by atoms with Crippen LogP contribution in [0.25, 0.3) is 10.9 Å². The number of hydrogen-bond donors (Lipinski definition) is 1. The third-order valence-corrected chi connectivity index (χ3v) is 3.57. The van der Waals surface area contributed by atoms with Crippen LogP contribution in [0.15, 0.2) is 48.5 Å². The predicted molar refractivity (Wildman–Crippen MR) is 84.4 cm³/mol. The number of carbonyl (C=O) groups is 1. The monoisotopic (exact) mass is 317 g/mol. The number of fused-ring (bicyclic) bond motifs is 1. The second-order valence-corrected chi connectivity index (χ2v) is 5.19. The molecule has 0 saturated heterocycles. The molecule has 0 atom stereocenters. The number of benzene rings is 2. The Morgan fingerprint density at radius 3 is 2.68 bits per heavy atom. The number of hydrogen-bond acceptors (Lipinski definition) is 2. The Balaban J connectivity index is 1.66. The fourth-order valence-corrected chi connectivity index (χ4v) is 2.47. The maximum atomic E-state index is 12.8. The molecule has 2 aromatic carbocycles. The first-order chi connectivity index (χ1) is 10.6. The Labute approximate surface area is 131 Å². The van der Waals surface area contributed by atoms with Gasteiger partial charge in [-0.05, 0) is 36.4 Å². The minimum absolute atomic E-state index is 0.165. The van der Waals surface area contributed by atoms with Crippen molar-refractivity contribution in [2.24, 2.45) is 0 Å². The van der Waals surface area contributed by atoms with Crippen LogP contribution in [0.3, 0.4) is 0 Å². The molecule has 4 nitrogen and oxygen atoms in total. The molecule has 0 saturated carbocycles. The number of nitrogens with one attached hydrogen (secondary N) is 1. The van der Waals surface area contributed by atoms with Crippen molar-refractivity contribution in [3.63, 3.8) is 0 Å². The quantitative estimate of drug-likeness (QED) is 0.794. The molecule has 3 rings (SSSR count). The standard InChI is InChI=1S/C16H13ClFN3O/c17-16-13-3-1-2-4-14(13)21(20-16)10-9-15(22)19-12-7-5-11(18)6-8-12/h1-8H,9-10H2,(H,19,22). The molecule has 1 heterocycles. The fourth-order valence-electron chi connectivity index (χ4n) is 2.22. The van der Waals surface area contributed by atoms with Crippen molar-refractivity contribution in [2.45, 2.75) is 13.0 Å². The molecule has 0 fully saturated rings.